The first-order valence-electron chi connectivity index (χ1n) is 7.15. The van der Waals surface area contributed by atoms with E-state index in [1.165, 1.54) is 0 Å². The Morgan fingerprint density at radius 2 is 1.82 bits per heavy atom. The number of aryl methyl sites for hydroxylation is 1. The van der Waals surface area contributed by atoms with E-state index in [2.05, 4.69) is 5.32 Å². The average Bonchev–Trinajstić information content (AvgIpc) is 2.41. The summed E-state index contributed by atoms with van der Waals surface area (Å²) in [6, 6.07) is 6.18. The maximum Gasteiger partial charge on any atom is 0.408 e. The van der Waals surface area contributed by atoms with Crippen LogP contribution in [0.1, 0.15) is 33.3 Å². The Morgan fingerprint density at radius 3 is 2.27 bits per heavy atom. The monoisotopic (exact) mass is 309 g/mol. The molecule has 0 unspecified atom stereocenters. The zero-order valence-electron chi connectivity index (χ0n) is 13.4. The number of amides is 1. The van der Waals surface area contributed by atoms with Gasteiger partial charge < -0.3 is 19.9 Å². The molecule has 0 spiro atoms. The molecule has 0 saturated carbocycles. The number of nitrogens with one attached hydrogen (secondary N) is 1. The van der Waals surface area contributed by atoms with Crippen LogP contribution in [-0.4, -0.2) is 35.4 Å². The lowest BCUT2D eigenvalue weighted by Crippen LogP contribution is -2.46. The molecule has 22 heavy (non-hydrogen) atoms. The van der Waals surface area contributed by atoms with Crippen molar-refractivity contribution in [3.8, 4) is 5.75 Å². The van der Waals surface area contributed by atoms with Gasteiger partial charge in [-0.1, -0.05) is 19.1 Å². The van der Waals surface area contributed by atoms with Gasteiger partial charge in [0.25, 0.3) is 0 Å². The summed E-state index contributed by atoms with van der Waals surface area (Å²) in [7, 11) is 0. The number of rotatable bonds is 6. The maximum absolute atomic E-state index is 11.6. The summed E-state index contributed by atoms with van der Waals surface area (Å²) >= 11 is 0. The lowest BCUT2D eigenvalue weighted by Gasteiger charge is -2.22. The van der Waals surface area contributed by atoms with Crippen molar-refractivity contribution in [1.82, 2.24) is 5.32 Å². The number of carbonyl (C=O) groups excluding carboxylic acids is 1. The third-order valence-corrected chi connectivity index (χ3v) is 2.74. The van der Waals surface area contributed by atoms with Crippen LogP contribution in [0.15, 0.2) is 24.3 Å². The molecule has 0 aliphatic rings. The standard InChI is InChI=1S/C16H23NO5/c1-5-11-6-8-12(9-7-11)21-10-13(14(18)19)17-15(20)22-16(2,3)4/h6-9,13H,5,10H2,1-4H3,(H,17,20)(H,18,19)/t13-/m1/s1. The molecule has 1 amide bonds. The van der Waals surface area contributed by atoms with Crippen LogP contribution < -0.4 is 10.1 Å². The predicted molar refractivity (Wildman–Crippen MR) is 82.1 cm³/mol. The van der Waals surface area contributed by atoms with Crippen molar-refractivity contribution in [3.63, 3.8) is 0 Å². The summed E-state index contributed by atoms with van der Waals surface area (Å²) in [4.78, 5) is 22.8. The minimum absolute atomic E-state index is 0.181. The predicted octanol–water partition coefficient (Wildman–Crippen LogP) is 2.61. The van der Waals surface area contributed by atoms with E-state index in [9.17, 15) is 9.59 Å². The lowest BCUT2D eigenvalue weighted by molar-refractivity contribution is -0.140. The molecule has 0 saturated heterocycles. The summed E-state index contributed by atoms with van der Waals surface area (Å²) in [5.74, 6) is -0.634. The first-order valence-corrected chi connectivity index (χ1v) is 7.15. The van der Waals surface area contributed by atoms with Gasteiger partial charge in [-0.05, 0) is 44.9 Å². The van der Waals surface area contributed by atoms with Gasteiger partial charge in [0.1, 0.15) is 18.0 Å². The second kappa shape index (κ2) is 7.68. The van der Waals surface area contributed by atoms with Crippen molar-refractivity contribution in [2.24, 2.45) is 0 Å². The number of aliphatic carboxylic acids is 1. The van der Waals surface area contributed by atoms with Gasteiger partial charge in [-0.25, -0.2) is 9.59 Å². The number of hydrogen-bond acceptors (Lipinski definition) is 4. The molecule has 0 radical (unpaired) electrons. The van der Waals surface area contributed by atoms with Crippen molar-refractivity contribution in [2.75, 3.05) is 6.61 Å². The second-order valence-electron chi connectivity index (χ2n) is 5.85. The number of carboxylic acids is 1. The molecule has 0 aliphatic carbocycles. The molecule has 1 rings (SSSR count). The van der Waals surface area contributed by atoms with Gasteiger partial charge in [-0.15, -0.1) is 0 Å². The molecule has 122 valence electrons. The molecule has 2 N–H and O–H groups in total. The number of benzene rings is 1. The van der Waals surface area contributed by atoms with E-state index in [4.69, 9.17) is 14.6 Å². The lowest BCUT2D eigenvalue weighted by atomic mass is 10.2. The first-order chi connectivity index (χ1) is 10.2. The van der Waals surface area contributed by atoms with Gasteiger partial charge in [-0.2, -0.15) is 0 Å². The van der Waals surface area contributed by atoms with Crippen LogP contribution in [0.3, 0.4) is 0 Å². The number of alkyl carbamates (subject to hydrolysis) is 1. The molecule has 0 heterocycles. The van der Waals surface area contributed by atoms with Gasteiger partial charge in [0, 0.05) is 0 Å². The highest BCUT2D eigenvalue weighted by Gasteiger charge is 2.24. The Kier molecular flexibility index (Phi) is 6.22. The van der Waals surface area contributed by atoms with Crippen molar-refractivity contribution in [1.29, 1.82) is 0 Å². The first kappa shape index (κ1) is 17.8. The molecule has 1 atom stereocenters. The third kappa shape index (κ3) is 6.47. The van der Waals surface area contributed by atoms with Crippen LogP contribution in [0.5, 0.6) is 5.75 Å². The normalized spacial score (nSPS) is 12.4. The summed E-state index contributed by atoms with van der Waals surface area (Å²) in [6.45, 7) is 6.97. The number of carboxylic acid groups (broad SMARTS) is 1. The van der Waals surface area contributed by atoms with Crippen LogP contribution >= 0.6 is 0 Å². The minimum atomic E-state index is -1.18. The third-order valence-electron chi connectivity index (χ3n) is 2.74. The Balaban J connectivity index is 2.57. The van der Waals surface area contributed by atoms with E-state index < -0.39 is 23.7 Å². The molecule has 6 heteroatoms. The quantitative estimate of drug-likeness (QED) is 0.843. The van der Waals surface area contributed by atoms with Crippen LogP contribution in [0.4, 0.5) is 4.79 Å². The van der Waals surface area contributed by atoms with Crippen LogP contribution in [-0.2, 0) is 16.0 Å². The number of hydrogen-bond donors (Lipinski definition) is 2. The smallest absolute Gasteiger partial charge is 0.408 e. The number of ether oxygens (including phenoxy) is 2. The van der Waals surface area contributed by atoms with Gasteiger partial charge in [0.2, 0.25) is 0 Å². The molecular formula is C16H23NO5. The molecule has 1 aromatic carbocycles. The van der Waals surface area contributed by atoms with Crippen molar-refractivity contribution in [3.05, 3.63) is 29.8 Å². The highest BCUT2D eigenvalue weighted by atomic mass is 16.6. The molecular weight excluding hydrogens is 286 g/mol. The van der Waals surface area contributed by atoms with Crippen molar-refractivity contribution >= 4 is 12.1 Å². The molecule has 6 nitrogen and oxygen atoms in total. The van der Waals surface area contributed by atoms with Crippen molar-refractivity contribution in [2.45, 2.75) is 45.8 Å². The Labute approximate surface area is 130 Å². The highest BCUT2D eigenvalue weighted by molar-refractivity contribution is 5.80. The van der Waals surface area contributed by atoms with Crippen LogP contribution in [0.25, 0.3) is 0 Å². The topological polar surface area (TPSA) is 84.9 Å². The zero-order valence-corrected chi connectivity index (χ0v) is 13.4. The van der Waals surface area contributed by atoms with E-state index in [0.29, 0.717) is 5.75 Å². The van der Waals surface area contributed by atoms with Crippen LogP contribution in [0, 0.1) is 0 Å². The Hall–Kier alpha value is -2.24. The molecule has 0 aliphatic heterocycles. The largest absolute Gasteiger partial charge is 0.491 e. The summed E-state index contributed by atoms with van der Waals surface area (Å²) in [6.07, 6.45) is 0.128. The summed E-state index contributed by atoms with van der Waals surface area (Å²) in [5, 5.41) is 11.4. The fraction of sp³-hybridized carbons (Fsp3) is 0.500. The van der Waals surface area contributed by atoms with Crippen LogP contribution in [0.2, 0.25) is 0 Å². The van der Waals surface area contributed by atoms with E-state index in [0.717, 1.165) is 12.0 Å². The molecule has 0 bridgehead atoms. The molecule has 0 fully saturated rings. The zero-order chi connectivity index (χ0) is 16.8. The van der Waals surface area contributed by atoms with Gasteiger partial charge >= 0.3 is 12.1 Å². The number of carbonyl (C=O) groups is 2. The summed E-state index contributed by atoms with van der Waals surface area (Å²) in [5.41, 5.74) is 0.471. The Bertz CT molecular complexity index is 504. The highest BCUT2D eigenvalue weighted by Crippen LogP contribution is 2.13. The minimum Gasteiger partial charge on any atom is -0.491 e. The van der Waals surface area contributed by atoms with Gasteiger partial charge in [0.05, 0.1) is 0 Å². The fourth-order valence-electron chi connectivity index (χ4n) is 1.63. The average molecular weight is 309 g/mol. The van der Waals surface area contributed by atoms with Crippen molar-refractivity contribution < 1.29 is 24.2 Å². The molecule has 1 aromatic rings. The van der Waals surface area contributed by atoms with E-state index in [1.807, 2.05) is 19.1 Å². The Morgan fingerprint density at radius 1 is 1.23 bits per heavy atom. The second-order valence-corrected chi connectivity index (χ2v) is 5.85. The fourth-order valence-corrected chi connectivity index (χ4v) is 1.63. The van der Waals surface area contributed by atoms with E-state index >= 15 is 0 Å². The van der Waals surface area contributed by atoms with Gasteiger partial charge in [-0.3, -0.25) is 0 Å². The van der Waals surface area contributed by atoms with E-state index in [1.54, 1.807) is 32.9 Å². The summed E-state index contributed by atoms with van der Waals surface area (Å²) < 4.78 is 10.4. The molecule has 0 aromatic heterocycles. The van der Waals surface area contributed by atoms with Gasteiger partial charge in [0.15, 0.2) is 6.04 Å². The van der Waals surface area contributed by atoms with E-state index in [-0.39, 0.29) is 6.61 Å². The SMILES string of the molecule is CCc1ccc(OC[C@@H](NC(=O)OC(C)(C)C)C(=O)O)cc1. The maximum atomic E-state index is 11.6.